The summed E-state index contributed by atoms with van der Waals surface area (Å²) >= 11 is 0. The summed E-state index contributed by atoms with van der Waals surface area (Å²) in [5.74, 6) is 0.853. The topological polar surface area (TPSA) is 52.0 Å². The minimum atomic E-state index is 0.0399. The highest BCUT2D eigenvalue weighted by molar-refractivity contribution is 5.19. The summed E-state index contributed by atoms with van der Waals surface area (Å²) in [6, 6.07) is 10.6. The second kappa shape index (κ2) is 7.55. The van der Waals surface area contributed by atoms with Gasteiger partial charge in [-0.05, 0) is 23.8 Å². The molecule has 0 saturated heterocycles. The van der Waals surface area contributed by atoms with Crippen LogP contribution in [0.3, 0.4) is 0 Å². The zero-order valence-electron chi connectivity index (χ0n) is 12.0. The lowest BCUT2D eigenvalue weighted by Crippen LogP contribution is -2.40. The van der Waals surface area contributed by atoms with Crippen LogP contribution in [0, 0.1) is 11.8 Å². The molecule has 0 aliphatic carbocycles. The highest BCUT2D eigenvalue weighted by Gasteiger charge is 2.28. The Hall–Kier alpha value is -0.860. The maximum atomic E-state index is 6.43. The van der Waals surface area contributed by atoms with E-state index in [-0.39, 0.29) is 12.1 Å². The second-order valence-electron chi connectivity index (χ2n) is 5.56. The molecule has 0 fully saturated rings. The summed E-state index contributed by atoms with van der Waals surface area (Å²) in [4.78, 5) is 0. The van der Waals surface area contributed by atoms with Crippen LogP contribution in [0.1, 0.15) is 51.6 Å². The molecule has 0 spiro atoms. The zero-order valence-corrected chi connectivity index (χ0v) is 12.0. The number of nitrogens with two attached hydrogens (primary N) is 2. The molecule has 1 aromatic rings. The first kappa shape index (κ1) is 15.2. The lowest BCUT2D eigenvalue weighted by atomic mass is 9.78. The zero-order chi connectivity index (χ0) is 13.5. The van der Waals surface area contributed by atoms with Gasteiger partial charge in [0.05, 0.1) is 0 Å². The third-order valence-corrected chi connectivity index (χ3v) is 3.75. The summed E-state index contributed by atoms with van der Waals surface area (Å²) in [6.45, 7) is 6.65. The van der Waals surface area contributed by atoms with Gasteiger partial charge in [0.15, 0.2) is 0 Å². The Morgan fingerprint density at radius 2 is 1.67 bits per heavy atom. The predicted octanol–water partition coefficient (Wildman–Crippen LogP) is 3.48. The van der Waals surface area contributed by atoms with Gasteiger partial charge in [-0.1, -0.05) is 63.9 Å². The standard InChI is InChI=1S/C16H28N2/c1-4-5-11-14(17)15(12(2)3)16(18)13-9-7-6-8-10-13/h6-10,12,14-16H,4-5,11,17-18H2,1-3H3. The molecule has 3 atom stereocenters. The number of benzene rings is 1. The molecule has 0 heterocycles. The van der Waals surface area contributed by atoms with E-state index in [1.165, 1.54) is 18.4 Å². The van der Waals surface area contributed by atoms with Crippen LogP contribution in [0.2, 0.25) is 0 Å². The summed E-state index contributed by atoms with van der Waals surface area (Å²) in [5, 5.41) is 0. The van der Waals surface area contributed by atoms with Gasteiger partial charge in [0.1, 0.15) is 0 Å². The number of hydrogen-bond donors (Lipinski definition) is 2. The largest absolute Gasteiger partial charge is 0.327 e. The lowest BCUT2D eigenvalue weighted by molar-refractivity contribution is 0.255. The van der Waals surface area contributed by atoms with Gasteiger partial charge < -0.3 is 11.5 Å². The molecule has 0 bridgehead atoms. The van der Waals surface area contributed by atoms with Crippen molar-refractivity contribution >= 4 is 0 Å². The average molecular weight is 248 g/mol. The van der Waals surface area contributed by atoms with Crippen molar-refractivity contribution in [3.05, 3.63) is 35.9 Å². The van der Waals surface area contributed by atoms with E-state index < -0.39 is 0 Å². The average Bonchev–Trinajstić information content (AvgIpc) is 2.37. The Morgan fingerprint density at radius 1 is 1.06 bits per heavy atom. The molecule has 18 heavy (non-hydrogen) atoms. The fourth-order valence-electron chi connectivity index (χ4n) is 2.71. The highest BCUT2D eigenvalue weighted by Crippen LogP contribution is 2.29. The Morgan fingerprint density at radius 3 is 2.17 bits per heavy atom. The van der Waals surface area contributed by atoms with E-state index in [9.17, 15) is 0 Å². The third-order valence-electron chi connectivity index (χ3n) is 3.75. The molecule has 0 aliphatic heterocycles. The van der Waals surface area contributed by atoms with Crippen molar-refractivity contribution in [2.24, 2.45) is 23.3 Å². The molecule has 2 heteroatoms. The molecular formula is C16H28N2. The van der Waals surface area contributed by atoms with Gasteiger partial charge in [0.2, 0.25) is 0 Å². The first-order chi connectivity index (χ1) is 8.57. The van der Waals surface area contributed by atoms with Crippen molar-refractivity contribution in [1.29, 1.82) is 0 Å². The molecular weight excluding hydrogens is 220 g/mol. The molecule has 2 nitrogen and oxygen atoms in total. The monoisotopic (exact) mass is 248 g/mol. The van der Waals surface area contributed by atoms with Crippen LogP contribution in [0.25, 0.3) is 0 Å². The van der Waals surface area contributed by atoms with E-state index in [0.717, 1.165) is 6.42 Å². The molecule has 0 radical (unpaired) electrons. The van der Waals surface area contributed by atoms with E-state index in [4.69, 9.17) is 11.5 Å². The summed E-state index contributed by atoms with van der Waals surface area (Å²) in [5.41, 5.74) is 14.0. The maximum absolute atomic E-state index is 6.43. The minimum Gasteiger partial charge on any atom is -0.327 e. The van der Waals surface area contributed by atoms with Crippen LogP contribution in [0.4, 0.5) is 0 Å². The third kappa shape index (κ3) is 4.11. The first-order valence-electron chi connectivity index (χ1n) is 7.14. The fraction of sp³-hybridized carbons (Fsp3) is 0.625. The van der Waals surface area contributed by atoms with Gasteiger partial charge >= 0.3 is 0 Å². The summed E-state index contributed by atoms with van der Waals surface area (Å²) < 4.78 is 0. The Kier molecular flexibility index (Phi) is 6.37. The molecule has 4 N–H and O–H groups in total. The summed E-state index contributed by atoms with van der Waals surface area (Å²) in [7, 11) is 0. The van der Waals surface area contributed by atoms with Gasteiger partial charge in [-0.3, -0.25) is 0 Å². The van der Waals surface area contributed by atoms with Crippen molar-refractivity contribution in [1.82, 2.24) is 0 Å². The van der Waals surface area contributed by atoms with Gasteiger partial charge in [-0.15, -0.1) is 0 Å². The van der Waals surface area contributed by atoms with Crippen molar-refractivity contribution in [2.45, 2.75) is 52.1 Å². The van der Waals surface area contributed by atoms with Crippen LogP contribution in [0.5, 0.6) is 0 Å². The molecule has 3 unspecified atom stereocenters. The molecule has 1 rings (SSSR count). The normalized spacial score (nSPS) is 16.6. The Labute approximate surface area is 112 Å². The van der Waals surface area contributed by atoms with Crippen molar-refractivity contribution in [2.75, 3.05) is 0 Å². The van der Waals surface area contributed by atoms with Crippen LogP contribution in [0.15, 0.2) is 30.3 Å². The van der Waals surface area contributed by atoms with E-state index >= 15 is 0 Å². The van der Waals surface area contributed by atoms with Gasteiger partial charge in [-0.2, -0.15) is 0 Å². The summed E-state index contributed by atoms with van der Waals surface area (Å²) in [6.07, 6.45) is 3.45. The molecule has 0 aliphatic rings. The Bertz CT molecular complexity index is 321. The smallest absolute Gasteiger partial charge is 0.0340 e. The lowest BCUT2D eigenvalue weighted by Gasteiger charge is -2.33. The van der Waals surface area contributed by atoms with E-state index in [2.05, 4.69) is 32.9 Å². The quantitative estimate of drug-likeness (QED) is 0.776. The maximum Gasteiger partial charge on any atom is 0.0340 e. The highest BCUT2D eigenvalue weighted by atomic mass is 14.7. The van der Waals surface area contributed by atoms with Gasteiger partial charge in [0, 0.05) is 12.1 Å². The van der Waals surface area contributed by atoms with E-state index in [0.29, 0.717) is 11.8 Å². The van der Waals surface area contributed by atoms with Gasteiger partial charge in [-0.25, -0.2) is 0 Å². The van der Waals surface area contributed by atoms with E-state index in [1.807, 2.05) is 18.2 Å². The fourth-order valence-corrected chi connectivity index (χ4v) is 2.71. The van der Waals surface area contributed by atoms with Crippen molar-refractivity contribution in [3.8, 4) is 0 Å². The molecule has 1 aromatic carbocycles. The minimum absolute atomic E-state index is 0.0399. The first-order valence-corrected chi connectivity index (χ1v) is 7.14. The van der Waals surface area contributed by atoms with Crippen LogP contribution < -0.4 is 11.5 Å². The van der Waals surface area contributed by atoms with Crippen molar-refractivity contribution in [3.63, 3.8) is 0 Å². The van der Waals surface area contributed by atoms with Crippen LogP contribution >= 0.6 is 0 Å². The Balaban J connectivity index is 2.78. The molecule has 0 amide bonds. The number of rotatable bonds is 7. The van der Waals surface area contributed by atoms with Crippen LogP contribution in [-0.2, 0) is 0 Å². The molecule has 0 aromatic heterocycles. The number of hydrogen-bond acceptors (Lipinski definition) is 2. The molecule has 102 valence electrons. The second-order valence-corrected chi connectivity index (χ2v) is 5.56. The predicted molar refractivity (Wildman–Crippen MR) is 79.2 cm³/mol. The van der Waals surface area contributed by atoms with Crippen molar-refractivity contribution < 1.29 is 0 Å². The van der Waals surface area contributed by atoms with Crippen LogP contribution in [-0.4, -0.2) is 6.04 Å². The van der Waals surface area contributed by atoms with Gasteiger partial charge in [0.25, 0.3) is 0 Å². The SMILES string of the molecule is CCCCC(N)C(C(C)C)C(N)c1ccccc1. The van der Waals surface area contributed by atoms with E-state index in [1.54, 1.807) is 0 Å². The number of unbranched alkanes of at least 4 members (excludes halogenated alkanes) is 1. The molecule has 0 saturated carbocycles.